The number of rotatable bonds is 7. The third-order valence-electron chi connectivity index (χ3n) is 2.80. The molecule has 0 aliphatic rings. The van der Waals surface area contributed by atoms with Gasteiger partial charge in [0.05, 0.1) is 13.7 Å². The summed E-state index contributed by atoms with van der Waals surface area (Å²) in [4.78, 5) is 0. The van der Waals surface area contributed by atoms with Gasteiger partial charge in [-0.15, -0.1) is 0 Å². The van der Waals surface area contributed by atoms with Crippen LogP contribution in [0.15, 0.2) is 48.5 Å². The molecule has 0 aromatic heterocycles. The second-order valence-electron chi connectivity index (χ2n) is 4.32. The van der Waals surface area contributed by atoms with Gasteiger partial charge in [0.25, 0.3) is 0 Å². The zero-order valence-electron chi connectivity index (χ0n) is 11.5. The number of hydrogen-bond acceptors (Lipinski definition) is 4. The molecule has 0 aliphatic carbocycles. The van der Waals surface area contributed by atoms with Gasteiger partial charge in [0.15, 0.2) is 0 Å². The molecule has 2 rings (SSSR count). The second kappa shape index (κ2) is 7.70. The lowest BCUT2D eigenvalue weighted by Gasteiger charge is -2.07. The van der Waals surface area contributed by atoms with Crippen LogP contribution in [0.1, 0.15) is 5.56 Å². The third-order valence-corrected chi connectivity index (χ3v) is 3.80. The lowest BCUT2D eigenvalue weighted by Crippen LogP contribution is -2.00. The van der Waals surface area contributed by atoms with Crippen LogP contribution in [0.5, 0.6) is 11.5 Å². The fourth-order valence-corrected chi connectivity index (χ4v) is 2.47. The average Bonchev–Trinajstić information content (AvgIpc) is 2.49. The van der Waals surface area contributed by atoms with Gasteiger partial charge >= 0.3 is 0 Å². The van der Waals surface area contributed by atoms with Crippen LogP contribution in [0.4, 0.5) is 5.69 Å². The van der Waals surface area contributed by atoms with Crippen molar-refractivity contribution in [2.75, 3.05) is 25.2 Å². The van der Waals surface area contributed by atoms with Gasteiger partial charge in [0.2, 0.25) is 0 Å². The van der Waals surface area contributed by atoms with Crippen LogP contribution >= 0.6 is 11.8 Å². The van der Waals surface area contributed by atoms with E-state index in [1.807, 2.05) is 48.2 Å². The first-order chi connectivity index (χ1) is 9.78. The Kier molecular flexibility index (Phi) is 5.62. The Morgan fingerprint density at radius 2 is 1.60 bits per heavy atom. The number of thioether (sulfide) groups is 1. The van der Waals surface area contributed by atoms with Gasteiger partial charge in [-0.3, -0.25) is 0 Å². The van der Waals surface area contributed by atoms with E-state index in [-0.39, 0.29) is 0 Å². The zero-order valence-corrected chi connectivity index (χ0v) is 12.4. The Morgan fingerprint density at radius 3 is 2.25 bits per heavy atom. The Hall–Kier alpha value is -1.81. The van der Waals surface area contributed by atoms with Crippen LogP contribution in [-0.4, -0.2) is 19.5 Å². The largest absolute Gasteiger partial charge is 0.497 e. The fourth-order valence-electron chi connectivity index (χ4n) is 1.69. The van der Waals surface area contributed by atoms with E-state index in [0.29, 0.717) is 6.61 Å². The highest BCUT2D eigenvalue weighted by molar-refractivity contribution is 7.98. The number of nitrogen functional groups attached to an aromatic ring is 1. The van der Waals surface area contributed by atoms with Crippen molar-refractivity contribution >= 4 is 17.4 Å². The zero-order chi connectivity index (χ0) is 14.2. The normalized spacial score (nSPS) is 10.2. The third kappa shape index (κ3) is 4.70. The number of nitrogens with two attached hydrogens (primary N) is 1. The number of anilines is 1. The summed E-state index contributed by atoms with van der Waals surface area (Å²) >= 11 is 1.85. The van der Waals surface area contributed by atoms with E-state index in [2.05, 4.69) is 12.1 Å². The molecule has 3 nitrogen and oxygen atoms in total. The van der Waals surface area contributed by atoms with Crippen molar-refractivity contribution in [3.63, 3.8) is 0 Å². The van der Waals surface area contributed by atoms with Crippen molar-refractivity contribution in [2.45, 2.75) is 5.75 Å². The minimum absolute atomic E-state index is 0.700. The van der Waals surface area contributed by atoms with E-state index in [1.54, 1.807) is 7.11 Å². The SMILES string of the molecule is COc1ccc(OCCSCc2ccc(N)cc2)cc1. The molecule has 0 aliphatic heterocycles. The number of ether oxygens (including phenoxy) is 2. The van der Waals surface area contributed by atoms with Crippen molar-refractivity contribution in [3.8, 4) is 11.5 Å². The van der Waals surface area contributed by atoms with Crippen molar-refractivity contribution < 1.29 is 9.47 Å². The standard InChI is InChI=1S/C16H19NO2S/c1-18-15-6-8-16(9-7-15)19-10-11-20-12-13-2-4-14(17)5-3-13/h2-9H,10-12,17H2,1H3. The van der Waals surface area contributed by atoms with E-state index in [1.165, 1.54) is 5.56 Å². The van der Waals surface area contributed by atoms with E-state index in [4.69, 9.17) is 15.2 Å². The lowest BCUT2D eigenvalue weighted by molar-refractivity contribution is 0.342. The van der Waals surface area contributed by atoms with E-state index in [9.17, 15) is 0 Å². The molecule has 0 saturated carbocycles. The number of hydrogen-bond donors (Lipinski definition) is 1. The summed E-state index contributed by atoms with van der Waals surface area (Å²) in [5.41, 5.74) is 7.75. The molecule has 0 fully saturated rings. The maximum absolute atomic E-state index is 5.67. The predicted octanol–water partition coefficient (Wildman–Crippen LogP) is 3.59. The summed E-state index contributed by atoms with van der Waals surface area (Å²) in [6.45, 7) is 0.700. The van der Waals surface area contributed by atoms with Crippen LogP contribution in [0.25, 0.3) is 0 Å². The Morgan fingerprint density at radius 1 is 0.950 bits per heavy atom. The quantitative estimate of drug-likeness (QED) is 0.625. The number of benzene rings is 2. The van der Waals surface area contributed by atoms with Gasteiger partial charge in [0.1, 0.15) is 11.5 Å². The lowest BCUT2D eigenvalue weighted by atomic mass is 10.2. The Labute approximate surface area is 124 Å². The molecule has 0 bridgehead atoms. The maximum atomic E-state index is 5.67. The summed E-state index contributed by atoms with van der Waals surface area (Å²) in [6, 6.07) is 15.6. The van der Waals surface area contributed by atoms with Crippen LogP contribution in [0.2, 0.25) is 0 Å². The van der Waals surface area contributed by atoms with Crippen LogP contribution in [0.3, 0.4) is 0 Å². The first-order valence-corrected chi connectivity index (χ1v) is 7.62. The summed E-state index contributed by atoms with van der Waals surface area (Å²) in [7, 11) is 1.66. The van der Waals surface area contributed by atoms with Crippen molar-refractivity contribution in [3.05, 3.63) is 54.1 Å². The molecule has 0 spiro atoms. The molecule has 2 aromatic carbocycles. The Bertz CT molecular complexity index is 511. The molecule has 4 heteroatoms. The predicted molar refractivity (Wildman–Crippen MR) is 85.5 cm³/mol. The van der Waals surface area contributed by atoms with Gasteiger partial charge in [-0.05, 0) is 42.0 Å². The van der Waals surface area contributed by atoms with Crippen LogP contribution in [-0.2, 0) is 5.75 Å². The molecule has 0 heterocycles. The summed E-state index contributed by atoms with van der Waals surface area (Å²) in [5.74, 6) is 3.65. The van der Waals surface area contributed by atoms with E-state index < -0.39 is 0 Å². The fraction of sp³-hybridized carbons (Fsp3) is 0.250. The molecule has 0 saturated heterocycles. The van der Waals surface area contributed by atoms with Gasteiger partial charge in [-0.1, -0.05) is 12.1 Å². The van der Waals surface area contributed by atoms with Gasteiger partial charge in [0, 0.05) is 17.2 Å². The number of methoxy groups -OCH3 is 1. The van der Waals surface area contributed by atoms with Crippen LogP contribution < -0.4 is 15.2 Å². The molecular weight excluding hydrogens is 270 g/mol. The van der Waals surface area contributed by atoms with Crippen molar-refractivity contribution in [2.24, 2.45) is 0 Å². The summed E-state index contributed by atoms with van der Waals surface area (Å²) in [6.07, 6.45) is 0. The maximum Gasteiger partial charge on any atom is 0.119 e. The smallest absolute Gasteiger partial charge is 0.119 e. The Balaban J connectivity index is 1.64. The summed E-state index contributed by atoms with van der Waals surface area (Å²) in [5, 5.41) is 0. The molecule has 0 radical (unpaired) electrons. The first-order valence-electron chi connectivity index (χ1n) is 6.47. The average molecular weight is 289 g/mol. The molecular formula is C16H19NO2S. The molecule has 2 N–H and O–H groups in total. The molecule has 106 valence electrons. The molecule has 0 amide bonds. The topological polar surface area (TPSA) is 44.5 Å². The molecule has 2 aromatic rings. The second-order valence-corrected chi connectivity index (χ2v) is 5.42. The van der Waals surface area contributed by atoms with Gasteiger partial charge in [-0.25, -0.2) is 0 Å². The van der Waals surface area contributed by atoms with Crippen molar-refractivity contribution in [1.82, 2.24) is 0 Å². The highest BCUT2D eigenvalue weighted by Crippen LogP contribution is 2.18. The van der Waals surface area contributed by atoms with E-state index in [0.717, 1.165) is 28.7 Å². The van der Waals surface area contributed by atoms with E-state index >= 15 is 0 Å². The van der Waals surface area contributed by atoms with Crippen LogP contribution in [0, 0.1) is 0 Å². The highest BCUT2D eigenvalue weighted by atomic mass is 32.2. The highest BCUT2D eigenvalue weighted by Gasteiger charge is 1.97. The summed E-state index contributed by atoms with van der Waals surface area (Å²) < 4.78 is 10.8. The van der Waals surface area contributed by atoms with Gasteiger partial charge < -0.3 is 15.2 Å². The molecule has 0 atom stereocenters. The monoisotopic (exact) mass is 289 g/mol. The molecule has 0 unspecified atom stereocenters. The van der Waals surface area contributed by atoms with Gasteiger partial charge in [-0.2, -0.15) is 11.8 Å². The molecule has 20 heavy (non-hydrogen) atoms. The minimum atomic E-state index is 0.700. The van der Waals surface area contributed by atoms with Crippen molar-refractivity contribution in [1.29, 1.82) is 0 Å². The minimum Gasteiger partial charge on any atom is -0.497 e. The first kappa shape index (κ1) is 14.6.